The number of nitrogens with zero attached hydrogens (tertiary/aromatic N) is 2. The number of aromatic amines is 1. The number of nitrogen functional groups attached to an aromatic ring is 1. The highest BCUT2D eigenvalue weighted by Crippen LogP contribution is 2.36. The number of hydrogen-bond acceptors (Lipinski definition) is 4. The van der Waals surface area contributed by atoms with Gasteiger partial charge in [0.15, 0.2) is 0 Å². The molecule has 5 nitrogen and oxygen atoms in total. The average molecular weight is 272 g/mol. The molecule has 0 aliphatic carbocycles. The maximum absolute atomic E-state index is 11.8. The standard InChI is InChI=1S/C15H20N4O/c1-3-10-5-4-9(2)19(10)14-7-13-11(6-12(14)16)15(20)18-8-17-13/h6-10H,3-5,16H2,1-2H3,(H,17,18,20). The van der Waals surface area contributed by atoms with Crippen LogP contribution in [0.1, 0.15) is 33.1 Å². The van der Waals surface area contributed by atoms with Crippen LogP contribution in [0.2, 0.25) is 0 Å². The largest absolute Gasteiger partial charge is 0.397 e. The number of anilines is 2. The molecule has 1 saturated heterocycles. The Balaban J connectivity index is 2.16. The van der Waals surface area contributed by atoms with Gasteiger partial charge in [-0.1, -0.05) is 6.92 Å². The highest BCUT2D eigenvalue weighted by Gasteiger charge is 2.30. The molecule has 1 aliphatic rings. The van der Waals surface area contributed by atoms with Gasteiger partial charge in [-0.3, -0.25) is 4.79 Å². The molecule has 0 spiro atoms. The molecule has 0 amide bonds. The fourth-order valence-corrected chi connectivity index (χ4v) is 3.25. The molecule has 2 aromatic rings. The van der Waals surface area contributed by atoms with E-state index in [1.165, 1.54) is 19.2 Å². The van der Waals surface area contributed by atoms with Gasteiger partial charge in [-0.25, -0.2) is 4.98 Å². The summed E-state index contributed by atoms with van der Waals surface area (Å²) in [6, 6.07) is 4.69. The number of benzene rings is 1. The summed E-state index contributed by atoms with van der Waals surface area (Å²) in [6.07, 6.45) is 4.91. The van der Waals surface area contributed by atoms with E-state index in [1.807, 2.05) is 6.07 Å². The molecule has 20 heavy (non-hydrogen) atoms. The third-order valence-electron chi connectivity index (χ3n) is 4.32. The maximum Gasteiger partial charge on any atom is 0.258 e. The highest BCUT2D eigenvalue weighted by atomic mass is 16.1. The van der Waals surface area contributed by atoms with Crippen LogP contribution in [0.4, 0.5) is 11.4 Å². The minimum atomic E-state index is -0.144. The van der Waals surface area contributed by atoms with Crippen LogP contribution in [0.15, 0.2) is 23.3 Å². The van der Waals surface area contributed by atoms with Gasteiger partial charge in [0, 0.05) is 12.1 Å². The number of rotatable bonds is 2. The quantitative estimate of drug-likeness (QED) is 0.822. The van der Waals surface area contributed by atoms with Gasteiger partial charge < -0.3 is 15.6 Å². The Hall–Kier alpha value is -2.04. The first-order chi connectivity index (χ1) is 9.61. The van der Waals surface area contributed by atoms with Gasteiger partial charge in [0.1, 0.15) is 0 Å². The van der Waals surface area contributed by atoms with Crippen LogP contribution in [0, 0.1) is 0 Å². The number of nitrogens with one attached hydrogen (secondary N) is 1. The van der Waals surface area contributed by atoms with E-state index in [-0.39, 0.29) is 5.56 Å². The molecule has 106 valence electrons. The van der Waals surface area contributed by atoms with Gasteiger partial charge in [-0.15, -0.1) is 0 Å². The SMILES string of the molecule is CCC1CCC(C)N1c1cc2nc[nH]c(=O)c2cc1N. The topological polar surface area (TPSA) is 75.0 Å². The Kier molecular flexibility index (Phi) is 3.12. The van der Waals surface area contributed by atoms with E-state index in [0.717, 1.165) is 12.1 Å². The monoisotopic (exact) mass is 272 g/mol. The van der Waals surface area contributed by atoms with Crippen molar-refractivity contribution >= 4 is 22.3 Å². The second-order valence-electron chi connectivity index (χ2n) is 5.56. The summed E-state index contributed by atoms with van der Waals surface area (Å²) in [5, 5.41) is 0.550. The number of aromatic nitrogens is 2. The van der Waals surface area contributed by atoms with Crippen molar-refractivity contribution in [3.63, 3.8) is 0 Å². The third kappa shape index (κ3) is 1.94. The van der Waals surface area contributed by atoms with Crippen molar-refractivity contribution in [2.75, 3.05) is 10.6 Å². The van der Waals surface area contributed by atoms with Gasteiger partial charge in [-0.05, 0) is 38.3 Å². The van der Waals surface area contributed by atoms with Crippen molar-refractivity contribution < 1.29 is 0 Å². The molecule has 0 saturated carbocycles. The van der Waals surface area contributed by atoms with Gasteiger partial charge in [-0.2, -0.15) is 0 Å². The van der Waals surface area contributed by atoms with Crippen LogP contribution in [-0.4, -0.2) is 22.1 Å². The number of H-pyrrole nitrogens is 1. The van der Waals surface area contributed by atoms with Crippen LogP contribution >= 0.6 is 0 Å². The maximum atomic E-state index is 11.8. The van der Waals surface area contributed by atoms with Crippen LogP contribution < -0.4 is 16.2 Å². The molecule has 0 bridgehead atoms. The normalized spacial score (nSPS) is 22.6. The zero-order chi connectivity index (χ0) is 14.3. The van der Waals surface area contributed by atoms with Crippen LogP contribution in [0.5, 0.6) is 0 Å². The lowest BCUT2D eigenvalue weighted by Gasteiger charge is -2.31. The molecule has 2 unspecified atom stereocenters. The van der Waals surface area contributed by atoms with Crippen molar-refractivity contribution in [1.29, 1.82) is 0 Å². The third-order valence-corrected chi connectivity index (χ3v) is 4.32. The average Bonchev–Trinajstić information content (AvgIpc) is 2.80. The van der Waals surface area contributed by atoms with E-state index in [2.05, 4.69) is 28.7 Å². The molecule has 3 rings (SSSR count). The fourth-order valence-electron chi connectivity index (χ4n) is 3.25. The Morgan fingerprint density at radius 3 is 3.00 bits per heavy atom. The first-order valence-electron chi connectivity index (χ1n) is 7.17. The number of nitrogens with two attached hydrogens (primary N) is 1. The van der Waals surface area contributed by atoms with Gasteiger partial charge in [0.05, 0.1) is 28.6 Å². The Morgan fingerprint density at radius 1 is 1.45 bits per heavy atom. The minimum Gasteiger partial charge on any atom is -0.397 e. The molecule has 1 fully saturated rings. The van der Waals surface area contributed by atoms with Crippen LogP contribution in [0.25, 0.3) is 10.9 Å². The van der Waals surface area contributed by atoms with Crippen LogP contribution in [-0.2, 0) is 0 Å². The number of fused-ring (bicyclic) bond motifs is 1. The molecule has 1 aliphatic heterocycles. The molecular weight excluding hydrogens is 252 g/mol. The second-order valence-corrected chi connectivity index (χ2v) is 5.56. The lowest BCUT2D eigenvalue weighted by Crippen LogP contribution is -2.34. The van der Waals surface area contributed by atoms with E-state index in [4.69, 9.17) is 5.73 Å². The lowest BCUT2D eigenvalue weighted by atomic mass is 10.1. The summed E-state index contributed by atoms with van der Waals surface area (Å²) in [6.45, 7) is 4.43. The fraction of sp³-hybridized carbons (Fsp3) is 0.467. The summed E-state index contributed by atoms with van der Waals surface area (Å²) in [5.41, 5.74) is 8.41. The predicted octanol–water partition coefficient (Wildman–Crippen LogP) is 2.27. The minimum absolute atomic E-state index is 0.144. The van der Waals surface area contributed by atoms with Crippen molar-refractivity contribution in [1.82, 2.24) is 9.97 Å². The predicted molar refractivity (Wildman–Crippen MR) is 82.0 cm³/mol. The molecule has 3 N–H and O–H groups in total. The van der Waals surface area contributed by atoms with Crippen molar-refractivity contribution in [2.24, 2.45) is 0 Å². The van der Waals surface area contributed by atoms with E-state index < -0.39 is 0 Å². The first kappa shape index (κ1) is 13.0. The Morgan fingerprint density at radius 2 is 2.25 bits per heavy atom. The number of hydrogen-bond donors (Lipinski definition) is 2. The smallest absolute Gasteiger partial charge is 0.258 e. The molecule has 0 radical (unpaired) electrons. The summed E-state index contributed by atoms with van der Waals surface area (Å²) in [5.74, 6) is 0. The van der Waals surface area contributed by atoms with Crippen LogP contribution in [0.3, 0.4) is 0 Å². The molecule has 5 heteroatoms. The highest BCUT2D eigenvalue weighted by molar-refractivity contribution is 5.88. The van der Waals surface area contributed by atoms with Gasteiger partial charge >= 0.3 is 0 Å². The summed E-state index contributed by atoms with van der Waals surface area (Å²) >= 11 is 0. The molecule has 2 atom stereocenters. The Bertz CT molecular complexity index is 694. The van der Waals surface area contributed by atoms with E-state index in [9.17, 15) is 4.79 Å². The van der Waals surface area contributed by atoms with E-state index >= 15 is 0 Å². The first-order valence-corrected chi connectivity index (χ1v) is 7.17. The van der Waals surface area contributed by atoms with Gasteiger partial charge in [0.2, 0.25) is 0 Å². The van der Waals surface area contributed by atoms with Gasteiger partial charge in [0.25, 0.3) is 5.56 Å². The zero-order valence-corrected chi connectivity index (χ0v) is 11.9. The molecular formula is C15H20N4O. The van der Waals surface area contributed by atoms with E-state index in [1.54, 1.807) is 6.07 Å². The summed E-state index contributed by atoms with van der Waals surface area (Å²) in [7, 11) is 0. The van der Waals surface area contributed by atoms with Crippen molar-refractivity contribution in [3.05, 3.63) is 28.8 Å². The molecule has 1 aromatic carbocycles. The van der Waals surface area contributed by atoms with Crippen molar-refractivity contribution in [2.45, 2.75) is 45.2 Å². The van der Waals surface area contributed by atoms with Crippen molar-refractivity contribution in [3.8, 4) is 0 Å². The van der Waals surface area contributed by atoms with E-state index in [0.29, 0.717) is 28.7 Å². The summed E-state index contributed by atoms with van der Waals surface area (Å²) < 4.78 is 0. The summed E-state index contributed by atoms with van der Waals surface area (Å²) in [4.78, 5) is 21.0. The second kappa shape index (κ2) is 4.81. The zero-order valence-electron chi connectivity index (χ0n) is 11.9. The molecule has 1 aromatic heterocycles. The Labute approximate surface area is 117 Å². The lowest BCUT2D eigenvalue weighted by molar-refractivity contribution is 0.629. The molecule has 2 heterocycles.